The first kappa shape index (κ1) is 14.7. The third kappa shape index (κ3) is 2.87. The molecule has 4 nitrogen and oxygen atoms in total. The number of rotatable bonds is 4. The molecule has 0 atom stereocenters. The second-order valence-electron chi connectivity index (χ2n) is 5.88. The molecule has 0 radical (unpaired) electrons. The van der Waals surface area contributed by atoms with Crippen LogP contribution in [0, 0.1) is 5.92 Å². The van der Waals surface area contributed by atoms with E-state index in [1.54, 1.807) is 0 Å². The van der Waals surface area contributed by atoms with Crippen LogP contribution in [0.25, 0.3) is 0 Å². The van der Waals surface area contributed by atoms with E-state index in [1.165, 1.54) is 42.6 Å². The quantitative estimate of drug-likeness (QED) is 0.864. The highest BCUT2D eigenvalue weighted by molar-refractivity contribution is 7.82. The minimum atomic E-state index is -0.923. The highest BCUT2D eigenvalue weighted by Gasteiger charge is 2.31. The first-order chi connectivity index (χ1) is 10.1. The fourth-order valence-corrected chi connectivity index (χ4v) is 3.98. The molecule has 0 spiro atoms. The molecule has 21 heavy (non-hydrogen) atoms. The molecule has 1 aromatic rings. The van der Waals surface area contributed by atoms with Crippen molar-refractivity contribution in [3.05, 3.63) is 23.5 Å². The zero-order valence-corrected chi connectivity index (χ0v) is 13.4. The zero-order chi connectivity index (χ0) is 15.0. The van der Waals surface area contributed by atoms with Crippen molar-refractivity contribution < 1.29 is 9.90 Å². The summed E-state index contributed by atoms with van der Waals surface area (Å²) < 4.78 is 1.86. The molecular formula is C15H18N2O2S2. The van der Waals surface area contributed by atoms with Crippen molar-refractivity contribution in [1.82, 2.24) is 9.47 Å². The van der Waals surface area contributed by atoms with E-state index in [0.29, 0.717) is 10.1 Å². The number of carbonyl (C=O) groups is 1. The predicted molar refractivity (Wildman–Crippen MR) is 88.7 cm³/mol. The Morgan fingerprint density at radius 1 is 1.29 bits per heavy atom. The first-order valence-electron chi connectivity index (χ1n) is 7.35. The summed E-state index contributed by atoms with van der Waals surface area (Å²) in [5.74, 6) is -0.160. The summed E-state index contributed by atoms with van der Waals surface area (Å²) in [5.41, 5.74) is 2.12. The van der Waals surface area contributed by atoms with Gasteiger partial charge in [0, 0.05) is 6.20 Å². The van der Waals surface area contributed by atoms with Crippen molar-refractivity contribution in [3.63, 3.8) is 0 Å². The molecule has 0 bridgehead atoms. The molecule has 2 heterocycles. The lowest BCUT2D eigenvalue weighted by atomic mass is 9.85. The van der Waals surface area contributed by atoms with E-state index in [-0.39, 0.29) is 6.54 Å². The van der Waals surface area contributed by atoms with Gasteiger partial charge in [-0.25, -0.2) is 0 Å². The van der Waals surface area contributed by atoms with Crippen LogP contribution in [-0.4, -0.2) is 37.2 Å². The van der Waals surface area contributed by atoms with Gasteiger partial charge in [-0.05, 0) is 36.2 Å². The molecule has 1 saturated carbocycles. The van der Waals surface area contributed by atoms with Gasteiger partial charge in [0.05, 0.1) is 5.69 Å². The van der Waals surface area contributed by atoms with Crippen molar-refractivity contribution in [2.75, 3.05) is 6.54 Å². The molecule has 1 aliphatic heterocycles. The molecule has 0 unspecified atom stereocenters. The van der Waals surface area contributed by atoms with Crippen LogP contribution in [0.4, 0.5) is 0 Å². The Balaban J connectivity index is 1.75. The number of nitrogens with zero attached hydrogens (tertiary/aromatic N) is 2. The highest BCUT2D eigenvalue weighted by atomic mass is 32.1. The van der Waals surface area contributed by atoms with Gasteiger partial charge in [0.25, 0.3) is 0 Å². The highest BCUT2D eigenvalue weighted by Crippen LogP contribution is 2.29. The molecule has 1 aromatic heterocycles. The van der Waals surface area contributed by atoms with Crippen LogP contribution in [0.15, 0.2) is 12.3 Å². The van der Waals surface area contributed by atoms with Crippen LogP contribution in [0.1, 0.15) is 43.4 Å². The second kappa shape index (κ2) is 5.85. The summed E-state index contributed by atoms with van der Waals surface area (Å²) in [7, 11) is 0. The summed E-state index contributed by atoms with van der Waals surface area (Å²) in [6, 6.07) is 2.07. The summed E-state index contributed by atoms with van der Waals surface area (Å²) in [6.45, 7) is -0.169. The van der Waals surface area contributed by atoms with Crippen LogP contribution < -0.4 is 0 Å². The molecule has 0 saturated heterocycles. The molecular weight excluding hydrogens is 304 g/mol. The maximum Gasteiger partial charge on any atom is 0.323 e. The van der Waals surface area contributed by atoms with Gasteiger partial charge in [0.1, 0.15) is 11.5 Å². The average molecular weight is 322 g/mol. The third-order valence-electron chi connectivity index (χ3n) is 4.32. The van der Waals surface area contributed by atoms with Crippen LogP contribution in [0.3, 0.4) is 0 Å². The van der Waals surface area contributed by atoms with Crippen molar-refractivity contribution >= 4 is 40.5 Å². The molecule has 1 N–H and O–H groups in total. The fourth-order valence-electron chi connectivity index (χ4n) is 3.31. The summed E-state index contributed by atoms with van der Waals surface area (Å²) in [6.07, 6.45) is 9.75. The van der Waals surface area contributed by atoms with Crippen molar-refractivity contribution in [3.8, 4) is 0 Å². The van der Waals surface area contributed by atoms with Gasteiger partial charge in [0.15, 0.2) is 5.11 Å². The molecule has 0 aromatic carbocycles. The predicted octanol–water partition coefficient (Wildman–Crippen LogP) is 2.82. The Hall–Kier alpha value is -1.27. The minimum absolute atomic E-state index is 0.169. The van der Waals surface area contributed by atoms with Crippen molar-refractivity contribution in [2.45, 2.75) is 38.5 Å². The van der Waals surface area contributed by atoms with Crippen molar-refractivity contribution in [1.29, 1.82) is 0 Å². The fraction of sp³-hybridized carbons (Fsp3) is 0.533. The topological polar surface area (TPSA) is 45.5 Å². The average Bonchev–Trinajstić information content (AvgIpc) is 2.95. The van der Waals surface area contributed by atoms with Crippen LogP contribution in [0.2, 0.25) is 0 Å². The Labute approximate surface area is 134 Å². The van der Waals surface area contributed by atoms with Gasteiger partial charge in [-0.2, -0.15) is 0 Å². The SMILES string of the molecule is O=C(O)CN1C(=S)c2cc(CC3CCCCC3)cn2C1=S. The maximum atomic E-state index is 10.9. The molecule has 2 aliphatic rings. The second-order valence-corrected chi connectivity index (χ2v) is 6.63. The van der Waals surface area contributed by atoms with E-state index < -0.39 is 5.97 Å². The third-order valence-corrected chi connectivity index (χ3v) is 5.17. The smallest absolute Gasteiger partial charge is 0.323 e. The van der Waals surface area contributed by atoms with Crippen LogP contribution in [-0.2, 0) is 11.2 Å². The summed E-state index contributed by atoms with van der Waals surface area (Å²) >= 11 is 10.7. The summed E-state index contributed by atoms with van der Waals surface area (Å²) in [4.78, 5) is 12.9. The van der Waals surface area contributed by atoms with Crippen LogP contribution >= 0.6 is 24.4 Å². The van der Waals surface area contributed by atoms with Crippen LogP contribution in [0.5, 0.6) is 0 Å². The first-order valence-corrected chi connectivity index (χ1v) is 8.17. The number of carboxylic acids is 1. The normalized spacial score (nSPS) is 19.1. The standard InChI is InChI=1S/C15H18N2O2S2/c18-13(19)9-17-14(20)12-7-11(8-16(12)15(17)21)6-10-4-2-1-3-5-10/h7-8,10H,1-6,9H2,(H,18,19). The largest absolute Gasteiger partial charge is 0.480 e. The molecule has 112 valence electrons. The maximum absolute atomic E-state index is 10.9. The number of thiocarbonyl (C=S) groups is 2. The van der Waals surface area contributed by atoms with Crippen molar-refractivity contribution in [2.24, 2.45) is 5.92 Å². The lowest BCUT2D eigenvalue weighted by Crippen LogP contribution is -2.35. The van der Waals surface area contributed by atoms with Gasteiger partial charge in [-0.15, -0.1) is 0 Å². The Morgan fingerprint density at radius 2 is 2.00 bits per heavy atom. The molecule has 1 fully saturated rings. The zero-order valence-electron chi connectivity index (χ0n) is 11.7. The number of aliphatic carboxylic acids is 1. The van der Waals surface area contributed by atoms with E-state index in [1.807, 2.05) is 10.8 Å². The van der Waals surface area contributed by atoms with E-state index in [4.69, 9.17) is 29.5 Å². The van der Waals surface area contributed by atoms with E-state index in [2.05, 4.69) is 6.07 Å². The molecule has 6 heteroatoms. The lowest BCUT2D eigenvalue weighted by molar-refractivity contribution is -0.136. The number of hydrogen-bond acceptors (Lipinski definition) is 3. The number of carboxylic acid groups (broad SMARTS) is 1. The monoisotopic (exact) mass is 322 g/mol. The van der Waals surface area contributed by atoms with Gasteiger partial charge < -0.3 is 5.11 Å². The van der Waals surface area contributed by atoms with E-state index in [0.717, 1.165) is 18.0 Å². The van der Waals surface area contributed by atoms with Gasteiger partial charge in [-0.3, -0.25) is 14.3 Å². The van der Waals surface area contributed by atoms with Gasteiger partial charge >= 0.3 is 5.97 Å². The van der Waals surface area contributed by atoms with Gasteiger partial charge in [-0.1, -0.05) is 44.3 Å². The lowest BCUT2D eigenvalue weighted by Gasteiger charge is -2.21. The van der Waals surface area contributed by atoms with Gasteiger partial charge in [0.2, 0.25) is 0 Å². The Kier molecular flexibility index (Phi) is 4.08. The minimum Gasteiger partial charge on any atom is -0.480 e. The number of hydrogen-bond donors (Lipinski definition) is 1. The Bertz CT molecular complexity index is 569. The summed E-state index contributed by atoms with van der Waals surface area (Å²) in [5, 5.41) is 9.41. The molecule has 0 amide bonds. The number of fused-ring (bicyclic) bond motifs is 1. The van der Waals surface area contributed by atoms with E-state index in [9.17, 15) is 4.79 Å². The molecule has 3 rings (SSSR count). The Morgan fingerprint density at radius 3 is 2.62 bits per heavy atom. The molecule has 1 aliphatic carbocycles. The van der Waals surface area contributed by atoms with E-state index >= 15 is 0 Å². The number of aromatic nitrogens is 1.